The second-order valence-corrected chi connectivity index (χ2v) is 10.2. The van der Waals surface area contributed by atoms with E-state index in [9.17, 15) is 18.4 Å². The lowest BCUT2D eigenvalue weighted by Crippen LogP contribution is -2.49. The number of halogens is 3. The minimum absolute atomic E-state index is 0.557. The monoisotopic (exact) mass is 498 g/mol. The van der Waals surface area contributed by atoms with Crippen molar-refractivity contribution in [3.05, 3.63) is 70.8 Å². The summed E-state index contributed by atoms with van der Waals surface area (Å²) >= 11 is 0. The van der Waals surface area contributed by atoms with Crippen molar-refractivity contribution in [1.29, 1.82) is 5.26 Å². The van der Waals surface area contributed by atoms with Crippen LogP contribution in [0.4, 0.5) is 13.2 Å². The van der Waals surface area contributed by atoms with Gasteiger partial charge < -0.3 is 0 Å². The van der Waals surface area contributed by atoms with Gasteiger partial charge in [0, 0.05) is 58.4 Å². The fourth-order valence-corrected chi connectivity index (χ4v) is 5.53. The molecule has 0 unspecified atom stereocenters. The summed E-state index contributed by atoms with van der Waals surface area (Å²) in [6.07, 6.45) is 3.39. The number of rotatable bonds is 8. The van der Waals surface area contributed by atoms with E-state index in [0.29, 0.717) is 18.2 Å². The van der Waals surface area contributed by atoms with Gasteiger partial charge in [0.15, 0.2) is 0 Å². The Morgan fingerprint density at radius 1 is 0.861 bits per heavy atom. The van der Waals surface area contributed by atoms with Gasteiger partial charge in [0.1, 0.15) is 0 Å². The highest BCUT2D eigenvalue weighted by molar-refractivity contribution is 5.32. The molecule has 0 amide bonds. The zero-order chi connectivity index (χ0) is 25.4. The number of nitrogens with zero attached hydrogens (tertiary/aromatic N) is 4. The summed E-state index contributed by atoms with van der Waals surface area (Å²) in [4.78, 5) is 7.36. The molecule has 1 aliphatic heterocycles. The molecule has 0 radical (unpaired) electrons. The molecule has 194 valence electrons. The Labute approximate surface area is 213 Å². The molecule has 0 N–H and O–H groups in total. The first-order valence-electron chi connectivity index (χ1n) is 13.2. The highest BCUT2D eigenvalue weighted by Gasteiger charge is 2.30. The number of nitriles is 1. The third kappa shape index (κ3) is 7.80. The first kappa shape index (κ1) is 26.7. The molecule has 36 heavy (non-hydrogen) atoms. The Morgan fingerprint density at radius 3 is 2.22 bits per heavy atom. The van der Waals surface area contributed by atoms with Crippen LogP contribution in [-0.2, 0) is 19.3 Å². The predicted octanol–water partition coefficient (Wildman–Crippen LogP) is 5.92. The number of hydrogen-bond donors (Lipinski definition) is 0. The van der Waals surface area contributed by atoms with E-state index in [1.807, 2.05) is 18.2 Å². The Hall–Kier alpha value is -2.40. The molecular formula is C29H37F3N4. The van der Waals surface area contributed by atoms with Crippen LogP contribution in [0.15, 0.2) is 48.5 Å². The van der Waals surface area contributed by atoms with Crippen LogP contribution in [0.3, 0.4) is 0 Å². The number of hydrogen-bond acceptors (Lipinski definition) is 4. The predicted molar refractivity (Wildman–Crippen MR) is 136 cm³/mol. The standard InChI is InChI=1S/C29H37F3N4/c30-29(31,32)27-10-6-9-26(20-27)22-35-15-13-34(14-16-35)17-18-36(28-11-3-1-2-4-12-28)23-25-8-5-7-24(19-25)21-33/h5-10,19-20,28H,1-4,11-18,22-23H2. The van der Waals surface area contributed by atoms with E-state index < -0.39 is 11.7 Å². The zero-order valence-electron chi connectivity index (χ0n) is 21.0. The molecule has 2 aliphatic rings. The molecular weight excluding hydrogens is 461 g/mol. The largest absolute Gasteiger partial charge is 0.416 e. The van der Waals surface area contributed by atoms with Crippen LogP contribution in [-0.4, -0.2) is 60.0 Å². The maximum Gasteiger partial charge on any atom is 0.416 e. The van der Waals surface area contributed by atoms with Crippen LogP contribution >= 0.6 is 0 Å². The first-order chi connectivity index (χ1) is 17.4. The molecule has 2 aromatic carbocycles. The highest BCUT2D eigenvalue weighted by Crippen LogP contribution is 2.30. The van der Waals surface area contributed by atoms with Gasteiger partial charge in [-0.15, -0.1) is 0 Å². The first-order valence-corrected chi connectivity index (χ1v) is 13.2. The molecule has 2 fully saturated rings. The summed E-state index contributed by atoms with van der Waals surface area (Å²) in [5.74, 6) is 0. The van der Waals surface area contributed by atoms with Crippen molar-refractivity contribution in [3.8, 4) is 6.07 Å². The third-order valence-electron chi connectivity index (χ3n) is 7.61. The van der Waals surface area contributed by atoms with Crippen molar-refractivity contribution in [3.63, 3.8) is 0 Å². The van der Waals surface area contributed by atoms with E-state index in [1.54, 1.807) is 6.07 Å². The van der Waals surface area contributed by atoms with E-state index in [2.05, 4.69) is 26.8 Å². The summed E-state index contributed by atoms with van der Waals surface area (Å²) in [7, 11) is 0. The van der Waals surface area contributed by atoms with Crippen LogP contribution in [0.1, 0.15) is 60.8 Å². The molecule has 7 heteroatoms. The Bertz CT molecular complexity index is 1000. The molecule has 0 bridgehead atoms. The van der Waals surface area contributed by atoms with Gasteiger partial charge in [0.2, 0.25) is 0 Å². The van der Waals surface area contributed by atoms with Gasteiger partial charge in [-0.2, -0.15) is 18.4 Å². The molecule has 0 atom stereocenters. The quantitative estimate of drug-likeness (QED) is 0.423. The highest BCUT2D eigenvalue weighted by atomic mass is 19.4. The van der Waals surface area contributed by atoms with Crippen LogP contribution in [0.2, 0.25) is 0 Å². The smallest absolute Gasteiger partial charge is 0.300 e. The van der Waals surface area contributed by atoms with Crippen LogP contribution in [0.5, 0.6) is 0 Å². The van der Waals surface area contributed by atoms with E-state index >= 15 is 0 Å². The van der Waals surface area contributed by atoms with Crippen LogP contribution in [0, 0.1) is 11.3 Å². The number of piperazine rings is 1. The van der Waals surface area contributed by atoms with Gasteiger partial charge in [0.05, 0.1) is 17.2 Å². The average Bonchev–Trinajstić information content (AvgIpc) is 3.17. The molecule has 4 rings (SSSR count). The lowest BCUT2D eigenvalue weighted by Gasteiger charge is -2.37. The topological polar surface area (TPSA) is 33.5 Å². The van der Waals surface area contributed by atoms with Gasteiger partial charge in [-0.1, -0.05) is 56.0 Å². The van der Waals surface area contributed by atoms with Crippen molar-refractivity contribution in [2.75, 3.05) is 39.3 Å². The van der Waals surface area contributed by atoms with Crippen molar-refractivity contribution in [2.45, 2.75) is 63.8 Å². The minimum Gasteiger partial charge on any atom is -0.300 e. The lowest BCUT2D eigenvalue weighted by atomic mass is 10.0. The number of alkyl halides is 3. The Morgan fingerprint density at radius 2 is 1.53 bits per heavy atom. The van der Waals surface area contributed by atoms with Gasteiger partial charge in [-0.25, -0.2) is 0 Å². The van der Waals surface area contributed by atoms with Gasteiger partial charge >= 0.3 is 6.18 Å². The normalized spacial score (nSPS) is 18.8. The summed E-state index contributed by atoms with van der Waals surface area (Å²) in [6.45, 7) is 7.01. The molecule has 2 aromatic rings. The molecule has 0 aromatic heterocycles. The third-order valence-corrected chi connectivity index (χ3v) is 7.61. The van der Waals surface area contributed by atoms with Crippen molar-refractivity contribution in [2.24, 2.45) is 0 Å². The second-order valence-electron chi connectivity index (χ2n) is 10.2. The number of benzene rings is 2. The zero-order valence-corrected chi connectivity index (χ0v) is 21.0. The maximum absolute atomic E-state index is 13.0. The SMILES string of the molecule is N#Cc1cccc(CN(CCN2CCN(Cc3cccc(C(F)(F)F)c3)CC2)C2CCCCCC2)c1. The Balaban J connectivity index is 1.31. The molecule has 1 saturated carbocycles. The van der Waals surface area contributed by atoms with E-state index in [1.165, 1.54) is 56.2 Å². The van der Waals surface area contributed by atoms with Crippen LogP contribution in [0.25, 0.3) is 0 Å². The second kappa shape index (κ2) is 12.7. The van der Waals surface area contributed by atoms with Gasteiger partial charge in [0.25, 0.3) is 0 Å². The molecule has 1 heterocycles. The molecule has 1 aliphatic carbocycles. The van der Waals surface area contributed by atoms with Crippen LogP contribution < -0.4 is 0 Å². The molecule has 1 saturated heterocycles. The summed E-state index contributed by atoms with van der Waals surface area (Å²) in [5, 5.41) is 9.30. The van der Waals surface area contributed by atoms with E-state index in [-0.39, 0.29) is 0 Å². The van der Waals surface area contributed by atoms with Gasteiger partial charge in [-0.3, -0.25) is 14.7 Å². The summed E-state index contributed by atoms with van der Waals surface area (Å²) in [5.41, 5.74) is 2.06. The fraction of sp³-hybridized carbons (Fsp3) is 0.552. The van der Waals surface area contributed by atoms with Crippen molar-refractivity contribution in [1.82, 2.24) is 14.7 Å². The van der Waals surface area contributed by atoms with Crippen molar-refractivity contribution >= 4 is 0 Å². The minimum atomic E-state index is -4.30. The van der Waals surface area contributed by atoms with Gasteiger partial charge in [-0.05, 0) is 42.2 Å². The fourth-order valence-electron chi connectivity index (χ4n) is 5.53. The maximum atomic E-state index is 13.0. The Kier molecular flexibility index (Phi) is 9.41. The molecule has 4 nitrogen and oxygen atoms in total. The average molecular weight is 499 g/mol. The van der Waals surface area contributed by atoms with Crippen molar-refractivity contribution < 1.29 is 13.2 Å². The summed E-state index contributed by atoms with van der Waals surface area (Å²) in [6, 6.07) is 16.5. The van der Waals surface area contributed by atoms with E-state index in [4.69, 9.17) is 0 Å². The molecule has 0 spiro atoms. The van der Waals surface area contributed by atoms with E-state index in [0.717, 1.165) is 57.4 Å². The lowest BCUT2D eigenvalue weighted by molar-refractivity contribution is -0.137. The summed E-state index contributed by atoms with van der Waals surface area (Å²) < 4.78 is 39.1.